The molecule has 0 aliphatic rings. The lowest BCUT2D eigenvalue weighted by Crippen LogP contribution is -2.03. The van der Waals surface area contributed by atoms with Crippen molar-refractivity contribution in [3.8, 4) is 5.75 Å². The first-order valence-corrected chi connectivity index (χ1v) is 4.09. The summed E-state index contributed by atoms with van der Waals surface area (Å²) in [5.41, 5.74) is 11.4. The van der Waals surface area contributed by atoms with Crippen LogP contribution in [0.1, 0.15) is 0 Å². The molecule has 0 fully saturated rings. The van der Waals surface area contributed by atoms with Crippen molar-refractivity contribution in [1.29, 1.82) is 0 Å². The SMILES string of the molecule is Nc1cc(OC(F)F)cc(Br)c1N. The number of rotatable bonds is 2. The summed E-state index contributed by atoms with van der Waals surface area (Å²) in [6, 6.07) is 2.57. The van der Waals surface area contributed by atoms with E-state index in [1.54, 1.807) is 0 Å². The van der Waals surface area contributed by atoms with Crippen molar-refractivity contribution < 1.29 is 13.5 Å². The summed E-state index contributed by atoms with van der Waals surface area (Å²) in [6.07, 6.45) is 0. The molecule has 13 heavy (non-hydrogen) atoms. The zero-order valence-corrected chi connectivity index (χ0v) is 8.01. The number of halogens is 3. The van der Waals surface area contributed by atoms with Crippen molar-refractivity contribution in [1.82, 2.24) is 0 Å². The Morgan fingerprint density at radius 2 is 1.92 bits per heavy atom. The van der Waals surface area contributed by atoms with Gasteiger partial charge in [0.05, 0.1) is 11.4 Å². The zero-order chi connectivity index (χ0) is 10.0. The molecule has 0 aliphatic carbocycles. The summed E-state index contributed by atoms with van der Waals surface area (Å²) >= 11 is 3.06. The van der Waals surface area contributed by atoms with Crippen LogP contribution >= 0.6 is 15.9 Å². The molecule has 1 aromatic carbocycles. The topological polar surface area (TPSA) is 61.3 Å². The van der Waals surface area contributed by atoms with E-state index >= 15 is 0 Å². The molecular weight excluding hydrogens is 246 g/mol. The van der Waals surface area contributed by atoms with Crippen LogP contribution in [-0.2, 0) is 0 Å². The van der Waals surface area contributed by atoms with Gasteiger partial charge in [-0.3, -0.25) is 0 Å². The van der Waals surface area contributed by atoms with Crippen LogP contribution in [0, 0.1) is 0 Å². The average Bonchev–Trinajstić information content (AvgIpc) is 1.98. The highest BCUT2D eigenvalue weighted by Crippen LogP contribution is 2.31. The van der Waals surface area contributed by atoms with E-state index in [9.17, 15) is 8.78 Å². The molecule has 0 unspecified atom stereocenters. The Morgan fingerprint density at radius 1 is 1.31 bits per heavy atom. The van der Waals surface area contributed by atoms with Gasteiger partial charge in [-0.2, -0.15) is 8.78 Å². The molecular formula is C7H7BrF2N2O. The van der Waals surface area contributed by atoms with Crippen LogP contribution in [0.4, 0.5) is 20.2 Å². The monoisotopic (exact) mass is 252 g/mol. The normalized spacial score (nSPS) is 10.5. The number of nitrogen functional groups attached to an aromatic ring is 2. The first-order valence-electron chi connectivity index (χ1n) is 3.30. The number of ether oxygens (including phenoxy) is 1. The molecule has 0 spiro atoms. The highest BCUT2D eigenvalue weighted by molar-refractivity contribution is 9.10. The number of hydrogen-bond acceptors (Lipinski definition) is 3. The van der Waals surface area contributed by atoms with Gasteiger partial charge in [-0.1, -0.05) is 0 Å². The predicted molar refractivity (Wildman–Crippen MR) is 49.6 cm³/mol. The summed E-state index contributed by atoms with van der Waals surface area (Å²) in [6.45, 7) is -2.87. The van der Waals surface area contributed by atoms with Gasteiger partial charge in [0, 0.05) is 10.5 Å². The van der Waals surface area contributed by atoms with Crippen molar-refractivity contribution in [3.05, 3.63) is 16.6 Å². The summed E-state index contributed by atoms with van der Waals surface area (Å²) in [5.74, 6) is -0.0198. The lowest BCUT2D eigenvalue weighted by atomic mass is 10.2. The summed E-state index contributed by atoms with van der Waals surface area (Å²) in [4.78, 5) is 0. The molecule has 0 saturated heterocycles. The van der Waals surface area contributed by atoms with Gasteiger partial charge < -0.3 is 16.2 Å². The molecule has 3 nitrogen and oxygen atoms in total. The van der Waals surface area contributed by atoms with E-state index in [0.717, 1.165) is 0 Å². The van der Waals surface area contributed by atoms with Crippen LogP contribution < -0.4 is 16.2 Å². The van der Waals surface area contributed by atoms with Gasteiger partial charge >= 0.3 is 6.61 Å². The van der Waals surface area contributed by atoms with Crippen molar-refractivity contribution >= 4 is 27.3 Å². The van der Waals surface area contributed by atoms with E-state index in [1.807, 2.05) is 0 Å². The Labute approximate surface area is 81.8 Å². The van der Waals surface area contributed by atoms with E-state index in [4.69, 9.17) is 11.5 Å². The number of nitrogens with two attached hydrogens (primary N) is 2. The number of anilines is 2. The molecule has 0 radical (unpaired) electrons. The van der Waals surface area contributed by atoms with Gasteiger partial charge in [0.15, 0.2) is 0 Å². The smallest absolute Gasteiger partial charge is 0.387 e. The van der Waals surface area contributed by atoms with Gasteiger partial charge in [0.2, 0.25) is 0 Å². The molecule has 72 valence electrons. The van der Waals surface area contributed by atoms with E-state index in [2.05, 4.69) is 20.7 Å². The lowest BCUT2D eigenvalue weighted by molar-refractivity contribution is -0.0498. The maximum absolute atomic E-state index is 11.8. The van der Waals surface area contributed by atoms with Crippen LogP contribution in [0.25, 0.3) is 0 Å². The fourth-order valence-electron chi connectivity index (χ4n) is 0.784. The first kappa shape index (κ1) is 10.0. The van der Waals surface area contributed by atoms with E-state index in [-0.39, 0.29) is 11.4 Å². The summed E-state index contributed by atoms with van der Waals surface area (Å²) in [5, 5.41) is 0. The molecule has 0 bridgehead atoms. The first-order chi connectivity index (χ1) is 6.00. The fraction of sp³-hybridized carbons (Fsp3) is 0.143. The molecule has 0 atom stereocenters. The second kappa shape index (κ2) is 3.78. The second-order valence-electron chi connectivity index (χ2n) is 2.29. The predicted octanol–water partition coefficient (Wildman–Crippen LogP) is 2.21. The molecule has 0 saturated carbocycles. The van der Waals surface area contributed by atoms with Crippen LogP contribution in [-0.4, -0.2) is 6.61 Å². The van der Waals surface area contributed by atoms with Crippen LogP contribution in [0.3, 0.4) is 0 Å². The lowest BCUT2D eigenvalue weighted by Gasteiger charge is -2.08. The van der Waals surface area contributed by atoms with Gasteiger partial charge in [-0.25, -0.2) is 0 Å². The van der Waals surface area contributed by atoms with Gasteiger partial charge in [0.25, 0.3) is 0 Å². The van der Waals surface area contributed by atoms with Crippen molar-refractivity contribution in [2.45, 2.75) is 6.61 Å². The Morgan fingerprint density at radius 3 is 2.38 bits per heavy atom. The Kier molecular flexibility index (Phi) is 2.92. The van der Waals surface area contributed by atoms with Crippen LogP contribution in [0.15, 0.2) is 16.6 Å². The third-order valence-electron chi connectivity index (χ3n) is 1.36. The molecule has 1 aromatic rings. The molecule has 0 aliphatic heterocycles. The maximum atomic E-state index is 11.8. The van der Waals surface area contributed by atoms with E-state index < -0.39 is 6.61 Å². The number of hydrogen-bond donors (Lipinski definition) is 2. The molecule has 1 rings (SSSR count). The minimum absolute atomic E-state index is 0.0198. The average molecular weight is 253 g/mol. The van der Waals surface area contributed by atoms with Crippen molar-refractivity contribution in [2.75, 3.05) is 11.5 Å². The van der Waals surface area contributed by atoms with Crippen molar-refractivity contribution in [3.63, 3.8) is 0 Å². The van der Waals surface area contributed by atoms with Crippen molar-refractivity contribution in [2.24, 2.45) is 0 Å². The van der Waals surface area contributed by atoms with E-state index in [1.165, 1.54) is 12.1 Å². The van der Waals surface area contributed by atoms with Crippen LogP contribution in [0.2, 0.25) is 0 Å². The fourth-order valence-corrected chi connectivity index (χ4v) is 1.24. The van der Waals surface area contributed by atoms with Gasteiger partial charge in [-0.15, -0.1) is 0 Å². The standard InChI is InChI=1S/C7H7BrF2N2O/c8-4-1-3(13-7(9)10)2-5(11)6(4)12/h1-2,7H,11-12H2. The van der Waals surface area contributed by atoms with Gasteiger partial charge in [0.1, 0.15) is 5.75 Å². The largest absolute Gasteiger partial charge is 0.435 e. The third kappa shape index (κ3) is 2.45. The highest BCUT2D eigenvalue weighted by Gasteiger charge is 2.08. The van der Waals surface area contributed by atoms with Crippen LogP contribution in [0.5, 0.6) is 5.75 Å². The highest BCUT2D eigenvalue weighted by atomic mass is 79.9. The number of alkyl halides is 2. The molecule has 0 heterocycles. The maximum Gasteiger partial charge on any atom is 0.387 e. The number of benzene rings is 1. The molecule has 6 heteroatoms. The van der Waals surface area contributed by atoms with E-state index in [0.29, 0.717) is 10.2 Å². The summed E-state index contributed by atoms with van der Waals surface area (Å²) < 4.78 is 28.1. The minimum atomic E-state index is -2.87. The Balaban J connectivity index is 2.99. The molecule has 0 amide bonds. The summed E-state index contributed by atoms with van der Waals surface area (Å²) in [7, 11) is 0. The Bertz CT molecular complexity index is 296. The van der Waals surface area contributed by atoms with Gasteiger partial charge in [-0.05, 0) is 22.0 Å². The minimum Gasteiger partial charge on any atom is -0.435 e. The zero-order valence-electron chi connectivity index (χ0n) is 6.43. The quantitative estimate of drug-likeness (QED) is 0.794. The molecule has 0 aromatic heterocycles. The second-order valence-corrected chi connectivity index (χ2v) is 3.14. The third-order valence-corrected chi connectivity index (χ3v) is 2.02. The Hall–Kier alpha value is -1.04. The molecule has 4 N–H and O–H groups in total.